The Labute approximate surface area is 87.7 Å². The lowest BCUT2D eigenvalue weighted by Crippen LogP contribution is -1.95. The van der Waals surface area contributed by atoms with Gasteiger partial charge in [-0.2, -0.15) is 0 Å². The minimum absolute atomic E-state index is 0.440. The van der Waals surface area contributed by atoms with E-state index in [2.05, 4.69) is 27.8 Å². The molecule has 0 aliphatic carbocycles. The Kier molecular flexibility index (Phi) is 4.20. The quantitative estimate of drug-likeness (QED) is 0.616. The van der Waals surface area contributed by atoms with Gasteiger partial charge in [-0.25, -0.2) is 4.98 Å². The van der Waals surface area contributed by atoms with E-state index in [1.165, 1.54) is 0 Å². The molecule has 0 radical (unpaired) electrons. The highest BCUT2D eigenvalue weighted by molar-refractivity contribution is 9.10. The largest absolute Gasteiger partial charge is 0.223 e. The fourth-order valence-electron chi connectivity index (χ4n) is 0.497. The highest BCUT2D eigenvalue weighted by Gasteiger charge is 2.05. The Bertz CT molecular complexity index is 228. The van der Waals surface area contributed by atoms with Crippen LogP contribution < -0.4 is 0 Å². The first kappa shape index (κ1) is 9.84. The van der Waals surface area contributed by atoms with Crippen molar-refractivity contribution in [3.63, 3.8) is 0 Å². The van der Waals surface area contributed by atoms with E-state index in [9.17, 15) is 0 Å². The maximum atomic E-state index is 5.65. The van der Waals surface area contributed by atoms with Crippen molar-refractivity contribution in [1.82, 2.24) is 4.98 Å². The number of thioether (sulfide) groups is 1. The predicted octanol–water partition coefficient (Wildman–Crippen LogP) is 3.63. The Hall–Kier alpha value is 0.750. The molecule has 62 valence electrons. The van der Waals surface area contributed by atoms with Gasteiger partial charge < -0.3 is 0 Å². The van der Waals surface area contributed by atoms with Crippen molar-refractivity contribution in [2.24, 2.45) is 0 Å². The standard InChI is InChI=1S/C6H7BrClNS2/c1-4(2-8)11-6-9-5(7)3-10-6/h3-4H,2H2,1H3. The first-order chi connectivity index (χ1) is 5.22. The molecular weight excluding hydrogens is 266 g/mol. The Morgan fingerprint density at radius 3 is 3.09 bits per heavy atom. The summed E-state index contributed by atoms with van der Waals surface area (Å²) in [7, 11) is 0. The van der Waals surface area contributed by atoms with Crippen LogP contribution in [0.3, 0.4) is 0 Å². The maximum Gasteiger partial charge on any atom is 0.151 e. The molecule has 0 fully saturated rings. The monoisotopic (exact) mass is 271 g/mol. The van der Waals surface area contributed by atoms with Crippen LogP contribution in [0.5, 0.6) is 0 Å². The molecule has 1 aromatic rings. The number of hydrogen-bond acceptors (Lipinski definition) is 3. The molecule has 1 rings (SSSR count). The summed E-state index contributed by atoms with van der Waals surface area (Å²) < 4.78 is 1.98. The predicted molar refractivity (Wildman–Crippen MR) is 55.9 cm³/mol. The van der Waals surface area contributed by atoms with Gasteiger partial charge in [-0.1, -0.05) is 18.7 Å². The number of aromatic nitrogens is 1. The van der Waals surface area contributed by atoms with Gasteiger partial charge in [-0.3, -0.25) is 0 Å². The van der Waals surface area contributed by atoms with Crippen LogP contribution in [0.25, 0.3) is 0 Å². The van der Waals surface area contributed by atoms with Gasteiger partial charge in [0.1, 0.15) is 4.60 Å². The van der Waals surface area contributed by atoms with E-state index in [4.69, 9.17) is 11.6 Å². The van der Waals surface area contributed by atoms with E-state index in [0.29, 0.717) is 11.1 Å². The van der Waals surface area contributed by atoms with E-state index < -0.39 is 0 Å². The van der Waals surface area contributed by atoms with Crippen molar-refractivity contribution in [2.75, 3.05) is 5.88 Å². The van der Waals surface area contributed by atoms with Crippen molar-refractivity contribution >= 4 is 50.6 Å². The summed E-state index contributed by atoms with van der Waals surface area (Å²) in [6.45, 7) is 2.09. The molecule has 1 nitrogen and oxygen atoms in total. The highest BCUT2D eigenvalue weighted by Crippen LogP contribution is 2.28. The van der Waals surface area contributed by atoms with Gasteiger partial charge >= 0.3 is 0 Å². The lowest BCUT2D eigenvalue weighted by Gasteiger charge is -2.01. The van der Waals surface area contributed by atoms with Crippen LogP contribution in [0.2, 0.25) is 0 Å². The second-order valence-electron chi connectivity index (χ2n) is 2.02. The highest BCUT2D eigenvalue weighted by atomic mass is 79.9. The number of hydrogen-bond donors (Lipinski definition) is 0. The van der Waals surface area contributed by atoms with Gasteiger partial charge in [0.05, 0.1) is 0 Å². The van der Waals surface area contributed by atoms with E-state index in [0.717, 1.165) is 8.94 Å². The molecule has 0 saturated carbocycles. The van der Waals surface area contributed by atoms with Gasteiger partial charge in [0, 0.05) is 16.5 Å². The Morgan fingerprint density at radius 2 is 2.64 bits per heavy atom. The first-order valence-electron chi connectivity index (χ1n) is 3.06. The van der Waals surface area contributed by atoms with Crippen molar-refractivity contribution in [3.05, 3.63) is 9.98 Å². The minimum atomic E-state index is 0.440. The van der Waals surface area contributed by atoms with Crippen LogP contribution in [-0.4, -0.2) is 16.1 Å². The molecule has 0 spiro atoms. The van der Waals surface area contributed by atoms with Gasteiger partial charge in [0.15, 0.2) is 4.34 Å². The van der Waals surface area contributed by atoms with Gasteiger partial charge in [0.25, 0.3) is 0 Å². The molecule has 0 aliphatic rings. The molecule has 1 aromatic heterocycles. The number of alkyl halides is 1. The molecule has 1 unspecified atom stereocenters. The summed E-state index contributed by atoms with van der Waals surface area (Å²) in [6, 6.07) is 0. The molecule has 0 amide bonds. The molecule has 0 aliphatic heterocycles. The summed E-state index contributed by atoms with van der Waals surface area (Å²) >= 11 is 12.3. The van der Waals surface area contributed by atoms with Crippen LogP contribution in [0.15, 0.2) is 14.3 Å². The number of halogens is 2. The average Bonchev–Trinajstić information content (AvgIpc) is 2.35. The molecule has 0 aromatic carbocycles. The van der Waals surface area contributed by atoms with Gasteiger partial charge in [-0.05, 0) is 15.9 Å². The number of nitrogens with zero attached hydrogens (tertiary/aromatic N) is 1. The van der Waals surface area contributed by atoms with Crippen molar-refractivity contribution < 1.29 is 0 Å². The fourth-order valence-corrected chi connectivity index (χ4v) is 3.20. The van der Waals surface area contributed by atoms with Crippen molar-refractivity contribution in [3.8, 4) is 0 Å². The third-order valence-electron chi connectivity index (χ3n) is 0.974. The molecular formula is C6H7BrClNS2. The SMILES string of the molecule is CC(CCl)Sc1nc(Br)cs1. The topological polar surface area (TPSA) is 12.9 Å². The second-order valence-corrected chi connectivity index (χ2v) is 5.68. The summed E-state index contributed by atoms with van der Waals surface area (Å²) in [5.41, 5.74) is 0. The molecule has 11 heavy (non-hydrogen) atoms. The van der Waals surface area contributed by atoms with Crippen molar-refractivity contribution in [2.45, 2.75) is 16.5 Å². The molecule has 0 N–H and O–H groups in total. The fraction of sp³-hybridized carbons (Fsp3) is 0.500. The molecule has 1 atom stereocenters. The van der Waals surface area contributed by atoms with E-state index >= 15 is 0 Å². The normalized spacial score (nSPS) is 13.4. The summed E-state index contributed by atoms with van der Waals surface area (Å²) in [4.78, 5) is 4.24. The lowest BCUT2D eigenvalue weighted by atomic mass is 10.6. The minimum Gasteiger partial charge on any atom is -0.223 e. The smallest absolute Gasteiger partial charge is 0.151 e. The third-order valence-corrected chi connectivity index (χ3v) is 4.40. The Morgan fingerprint density at radius 1 is 1.91 bits per heavy atom. The molecule has 1 heterocycles. The number of rotatable bonds is 3. The summed E-state index contributed by atoms with van der Waals surface area (Å²) in [5.74, 6) is 0.669. The van der Waals surface area contributed by atoms with Gasteiger partial charge in [0.2, 0.25) is 0 Å². The zero-order chi connectivity index (χ0) is 8.27. The first-order valence-corrected chi connectivity index (χ1v) is 6.14. The summed E-state index contributed by atoms with van der Waals surface area (Å²) in [6.07, 6.45) is 0. The Balaban J connectivity index is 2.50. The number of thiazole rings is 1. The second kappa shape index (κ2) is 4.70. The van der Waals surface area contributed by atoms with Crippen LogP contribution in [-0.2, 0) is 0 Å². The van der Waals surface area contributed by atoms with E-state index in [-0.39, 0.29) is 0 Å². The zero-order valence-electron chi connectivity index (χ0n) is 5.88. The zero-order valence-corrected chi connectivity index (χ0v) is 9.86. The van der Waals surface area contributed by atoms with Crippen LogP contribution in [0.4, 0.5) is 0 Å². The van der Waals surface area contributed by atoms with Crippen LogP contribution in [0.1, 0.15) is 6.92 Å². The molecule has 0 bridgehead atoms. The van der Waals surface area contributed by atoms with Crippen molar-refractivity contribution in [1.29, 1.82) is 0 Å². The molecule has 5 heteroatoms. The van der Waals surface area contributed by atoms with Gasteiger partial charge in [-0.15, -0.1) is 22.9 Å². The van der Waals surface area contributed by atoms with Crippen LogP contribution >= 0.6 is 50.6 Å². The van der Waals surface area contributed by atoms with E-state index in [1.807, 2.05) is 5.38 Å². The molecule has 0 saturated heterocycles. The maximum absolute atomic E-state index is 5.65. The third kappa shape index (κ3) is 3.32. The van der Waals surface area contributed by atoms with E-state index in [1.54, 1.807) is 23.1 Å². The average molecular weight is 273 g/mol. The summed E-state index contributed by atoms with van der Waals surface area (Å²) in [5, 5.41) is 2.42. The lowest BCUT2D eigenvalue weighted by molar-refractivity contribution is 1.10. The van der Waals surface area contributed by atoms with Crippen LogP contribution in [0, 0.1) is 0 Å².